The van der Waals surface area contributed by atoms with Crippen LogP contribution in [0.25, 0.3) is 0 Å². The van der Waals surface area contributed by atoms with Crippen molar-refractivity contribution in [1.82, 2.24) is 15.5 Å². The number of hydrogen-bond acceptors (Lipinski definition) is 5. The first-order chi connectivity index (χ1) is 8.66. The van der Waals surface area contributed by atoms with Gasteiger partial charge in [0.05, 0.1) is 12.8 Å². The number of imide groups is 1. The van der Waals surface area contributed by atoms with E-state index < -0.39 is 5.91 Å². The Morgan fingerprint density at radius 3 is 3.11 bits per heavy atom. The standard InChI is InChI=1S/C12H17N3O3/c1-9-7-13-4-5-15(9)8-11(16)14-12(17)10-3-2-6-18-10/h2-3,6,9,13H,4-5,7-8H2,1H3,(H,14,16,17)/t9-/m0/s1. The van der Waals surface area contributed by atoms with Crippen molar-refractivity contribution in [2.75, 3.05) is 26.2 Å². The van der Waals surface area contributed by atoms with Crippen molar-refractivity contribution in [2.45, 2.75) is 13.0 Å². The van der Waals surface area contributed by atoms with Gasteiger partial charge in [-0.15, -0.1) is 0 Å². The number of furan rings is 1. The zero-order valence-electron chi connectivity index (χ0n) is 10.3. The molecule has 1 saturated heterocycles. The van der Waals surface area contributed by atoms with Crippen molar-refractivity contribution in [3.8, 4) is 0 Å². The third-order valence-electron chi connectivity index (χ3n) is 2.98. The highest BCUT2D eigenvalue weighted by atomic mass is 16.3. The Balaban J connectivity index is 1.83. The Labute approximate surface area is 105 Å². The summed E-state index contributed by atoms with van der Waals surface area (Å²) in [7, 11) is 0. The van der Waals surface area contributed by atoms with E-state index in [4.69, 9.17) is 4.42 Å². The molecule has 18 heavy (non-hydrogen) atoms. The fraction of sp³-hybridized carbons (Fsp3) is 0.500. The van der Waals surface area contributed by atoms with E-state index in [1.165, 1.54) is 12.3 Å². The van der Waals surface area contributed by atoms with Gasteiger partial charge in [0.1, 0.15) is 0 Å². The van der Waals surface area contributed by atoms with Crippen molar-refractivity contribution in [2.24, 2.45) is 0 Å². The van der Waals surface area contributed by atoms with Crippen LogP contribution in [0.4, 0.5) is 0 Å². The quantitative estimate of drug-likeness (QED) is 0.780. The average molecular weight is 251 g/mol. The molecule has 0 saturated carbocycles. The van der Waals surface area contributed by atoms with E-state index in [0.29, 0.717) is 6.04 Å². The van der Waals surface area contributed by atoms with Gasteiger partial charge in [-0.1, -0.05) is 0 Å². The molecule has 2 amide bonds. The van der Waals surface area contributed by atoms with Gasteiger partial charge < -0.3 is 9.73 Å². The van der Waals surface area contributed by atoms with Gasteiger partial charge in [0.15, 0.2) is 5.76 Å². The molecular formula is C12H17N3O3. The highest BCUT2D eigenvalue weighted by Crippen LogP contribution is 2.02. The second kappa shape index (κ2) is 5.79. The average Bonchev–Trinajstić information content (AvgIpc) is 2.85. The second-order valence-corrected chi connectivity index (χ2v) is 4.38. The first kappa shape index (κ1) is 12.8. The highest BCUT2D eigenvalue weighted by Gasteiger charge is 2.21. The normalized spacial score (nSPS) is 20.6. The molecule has 0 spiro atoms. The van der Waals surface area contributed by atoms with Crippen molar-refractivity contribution in [3.63, 3.8) is 0 Å². The Bertz CT molecular complexity index is 416. The van der Waals surface area contributed by atoms with Crippen LogP contribution in [0.15, 0.2) is 22.8 Å². The summed E-state index contributed by atoms with van der Waals surface area (Å²) in [6.45, 7) is 4.82. The van der Waals surface area contributed by atoms with Crippen molar-refractivity contribution >= 4 is 11.8 Å². The molecule has 6 nitrogen and oxygen atoms in total. The lowest BCUT2D eigenvalue weighted by atomic mass is 10.2. The number of nitrogens with zero attached hydrogens (tertiary/aromatic N) is 1. The van der Waals surface area contributed by atoms with Gasteiger partial charge in [-0.05, 0) is 19.1 Å². The number of rotatable bonds is 3. The van der Waals surface area contributed by atoms with Crippen LogP contribution in [0, 0.1) is 0 Å². The van der Waals surface area contributed by atoms with Crippen LogP contribution in [0.2, 0.25) is 0 Å². The van der Waals surface area contributed by atoms with Crippen LogP contribution in [0.3, 0.4) is 0 Å². The fourth-order valence-corrected chi connectivity index (χ4v) is 1.94. The molecular weight excluding hydrogens is 234 g/mol. The first-order valence-electron chi connectivity index (χ1n) is 5.99. The molecule has 1 fully saturated rings. The Morgan fingerprint density at radius 2 is 2.44 bits per heavy atom. The Kier molecular flexibility index (Phi) is 4.11. The van der Waals surface area contributed by atoms with Gasteiger partial charge in [-0.25, -0.2) is 0 Å². The minimum Gasteiger partial charge on any atom is -0.459 e. The monoisotopic (exact) mass is 251 g/mol. The van der Waals surface area contributed by atoms with E-state index in [-0.39, 0.29) is 18.2 Å². The first-order valence-corrected chi connectivity index (χ1v) is 5.99. The van der Waals surface area contributed by atoms with Gasteiger partial charge in [-0.2, -0.15) is 0 Å². The maximum absolute atomic E-state index is 11.7. The van der Waals surface area contributed by atoms with Crippen LogP contribution < -0.4 is 10.6 Å². The minimum absolute atomic E-state index is 0.150. The third kappa shape index (κ3) is 3.18. The van der Waals surface area contributed by atoms with Crippen LogP contribution >= 0.6 is 0 Å². The van der Waals surface area contributed by atoms with Crippen molar-refractivity contribution < 1.29 is 14.0 Å². The number of hydrogen-bond donors (Lipinski definition) is 2. The zero-order valence-corrected chi connectivity index (χ0v) is 10.3. The molecule has 2 rings (SSSR count). The van der Waals surface area contributed by atoms with E-state index in [2.05, 4.69) is 10.6 Å². The second-order valence-electron chi connectivity index (χ2n) is 4.38. The van der Waals surface area contributed by atoms with E-state index in [9.17, 15) is 9.59 Å². The van der Waals surface area contributed by atoms with Gasteiger partial charge in [-0.3, -0.25) is 19.8 Å². The summed E-state index contributed by atoms with van der Waals surface area (Å²) < 4.78 is 4.92. The fourth-order valence-electron chi connectivity index (χ4n) is 1.94. The summed E-state index contributed by atoms with van der Waals surface area (Å²) in [5, 5.41) is 5.56. The van der Waals surface area contributed by atoms with E-state index >= 15 is 0 Å². The summed E-state index contributed by atoms with van der Waals surface area (Å²) in [5.74, 6) is -0.644. The van der Waals surface area contributed by atoms with Crippen molar-refractivity contribution in [1.29, 1.82) is 0 Å². The molecule has 1 atom stereocenters. The maximum Gasteiger partial charge on any atom is 0.293 e. The molecule has 6 heteroatoms. The molecule has 0 unspecified atom stereocenters. The predicted octanol–water partition coefficient (Wildman–Crippen LogP) is -0.170. The van der Waals surface area contributed by atoms with E-state index in [1.807, 2.05) is 11.8 Å². The SMILES string of the molecule is C[C@H]1CNCCN1CC(=O)NC(=O)c1ccco1. The highest BCUT2D eigenvalue weighted by molar-refractivity contribution is 6.03. The Morgan fingerprint density at radius 1 is 1.61 bits per heavy atom. The number of carbonyl (C=O) groups is 2. The molecule has 2 N–H and O–H groups in total. The third-order valence-corrected chi connectivity index (χ3v) is 2.98. The topological polar surface area (TPSA) is 74.6 Å². The predicted molar refractivity (Wildman–Crippen MR) is 65.1 cm³/mol. The largest absolute Gasteiger partial charge is 0.459 e. The number of amides is 2. The van der Waals surface area contributed by atoms with E-state index in [1.54, 1.807) is 6.07 Å². The summed E-state index contributed by atoms with van der Waals surface area (Å²) in [4.78, 5) is 25.4. The smallest absolute Gasteiger partial charge is 0.293 e. The summed E-state index contributed by atoms with van der Waals surface area (Å²) >= 11 is 0. The van der Waals surface area contributed by atoms with Crippen LogP contribution in [-0.4, -0.2) is 48.9 Å². The summed E-state index contributed by atoms with van der Waals surface area (Å²) in [6, 6.07) is 3.43. The molecule has 1 aliphatic rings. The molecule has 1 aromatic rings. The lowest BCUT2D eigenvalue weighted by Crippen LogP contribution is -2.53. The number of piperazine rings is 1. The molecule has 0 bridgehead atoms. The molecule has 1 aliphatic heterocycles. The molecule has 0 aliphatic carbocycles. The summed E-state index contributed by atoms with van der Waals surface area (Å²) in [5.41, 5.74) is 0. The van der Waals surface area contributed by atoms with Gasteiger partial charge >= 0.3 is 0 Å². The minimum atomic E-state index is -0.493. The van der Waals surface area contributed by atoms with Gasteiger partial charge in [0.2, 0.25) is 5.91 Å². The van der Waals surface area contributed by atoms with Crippen LogP contribution in [0.1, 0.15) is 17.5 Å². The molecule has 0 radical (unpaired) electrons. The van der Waals surface area contributed by atoms with Gasteiger partial charge in [0, 0.05) is 25.7 Å². The maximum atomic E-state index is 11.7. The molecule has 0 aromatic carbocycles. The van der Waals surface area contributed by atoms with Crippen LogP contribution in [-0.2, 0) is 4.79 Å². The number of carbonyl (C=O) groups excluding carboxylic acids is 2. The molecule has 98 valence electrons. The molecule has 1 aromatic heterocycles. The van der Waals surface area contributed by atoms with Gasteiger partial charge in [0.25, 0.3) is 5.91 Å². The lowest BCUT2D eigenvalue weighted by molar-refractivity contribution is -0.122. The number of nitrogens with one attached hydrogen (secondary N) is 2. The van der Waals surface area contributed by atoms with Crippen LogP contribution in [0.5, 0.6) is 0 Å². The lowest BCUT2D eigenvalue weighted by Gasteiger charge is -2.33. The van der Waals surface area contributed by atoms with Crippen molar-refractivity contribution in [3.05, 3.63) is 24.2 Å². The molecule has 2 heterocycles. The Hall–Kier alpha value is -1.66. The summed E-state index contributed by atoms with van der Waals surface area (Å²) in [6.07, 6.45) is 1.40. The zero-order chi connectivity index (χ0) is 13.0. The van der Waals surface area contributed by atoms with E-state index in [0.717, 1.165) is 19.6 Å².